The van der Waals surface area contributed by atoms with E-state index in [0.717, 1.165) is 77.3 Å². The maximum atomic E-state index is 13.9. The minimum Gasteiger partial charge on any atom is -0.462 e. The zero-order valence-electron chi connectivity index (χ0n) is 30.0. The summed E-state index contributed by atoms with van der Waals surface area (Å²) in [6.45, 7) is 12.6. The molecule has 0 radical (unpaired) electrons. The molecule has 6 rings (SSSR count). The Kier molecular flexibility index (Phi) is 10.2. The second-order valence-electron chi connectivity index (χ2n) is 17.2. The second kappa shape index (κ2) is 14.0. The van der Waals surface area contributed by atoms with E-state index in [1.165, 1.54) is 51.4 Å². The molecule has 0 spiro atoms. The van der Waals surface area contributed by atoms with Gasteiger partial charge in [-0.3, -0.25) is 4.79 Å². The summed E-state index contributed by atoms with van der Waals surface area (Å²) in [6, 6.07) is 15.8. The quantitative estimate of drug-likeness (QED) is 0.146. The van der Waals surface area contributed by atoms with Crippen molar-refractivity contribution in [3.8, 4) is 0 Å². The van der Waals surface area contributed by atoms with Crippen LogP contribution in [-0.4, -0.2) is 12.1 Å². The molecule has 0 amide bonds. The van der Waals surface area contributed by atoms with Crippen LogP contribution in [-0.2, 0) is 22.4 Å². The number of nitrogens with two attached hydrogens (primary N) is 2. The highest BCUT2D eigenvalue weighted by Crippen LogP contribution is 2.67. The van der Waals surface area contributed by atoms with Crippen molar-refractivity contribution in [1.82, 2.24) is 0 Å². The predicted octanol–water partition coefficient (Wildman–Crippen LogP) is 10.2. The average molecular weight is 639 g/mol. The number of anilines is 2. The van der Waals surface area contributed by atoms with E-state index < -0.39 is 0 Å². The molecular weight excluding hydrogens is 576 g/mol. The van der Waals surface area contributed by atoms with Gasteiger partial charge >= 0.3 is 5.97 Å². The van der Waals surface area contributed by atoms with Crippen molar-refractivity contribution in [1.29, 1.82) is 0 Å². The minimum atomic E-state index is -0.251. The highest BCUT2D eigenvalue weighted by atomic mass is 16.5. The Labute approximate surface area is 285 Å². The first-order valence-corrected chi connectivity index (χ1v) is 19.0. The molecule has 3 fully saturated rings. The molecule has 0 aliphatic heterocycles. The van der Waals surface area contributed by atoms with Crippen molar-refractivity contribution in [2.45, 2.75) is 124 Å². The van der Waals surface area contributed by atoms with Gasteiger partial charge in [0.1, 0.15) is 6.10 Å². The van der Waals surface area contributed by atoms with Crippen LogP contribution < -0.4 is 11.5 Å². The van der Waals surface area contributed by atoms with E-state index in [2.05, 4.69) is 40.7 Å². The number of carbonyl (C=O) groups excluding carboxylic acids is 1. The topological polar surface area (TPSA) is 78.3 Å². The number of nitrogen functional groups attached to an aromatic ring is 2. The van der Waals surface area contributed by atoms with Crippen LogP contribution in [0.5, 0.6) is 0 Å². The molecule has 256 valence electrons. The van der Waals surface area contributed by atoms with E-state index in [-0.39, 0.29) is 23.4 Å². The molecule has 4 nitrogen and oxygen atoms in total. The standard InChI is InChI=1S/C43H62N2O2/c1-28(2)7-6-8-29(3)38-19-20-39-37-18-13-33-27-36(21-23-42(33,4)40(37)22-24-43(38,39)5)47-41(46)32(25-30-9-14-34(44)15-10-30)26-31-11-16-35(45)17-12-31/h9-17,28-29,32,36-40H,6-8,18-27,44-45H2,1-5H3/t29-,36?,37+,38-,39+,40+,42+,43-/m1/s1. The number of hydrogen-bond acceptors (Lipinski definition) is 4. The molecule has 3 saturated carbocycles. The Morgan fingerprint density at radius 2 is 1.47 bits per heavy atom. The van der Waals surface area contributed by atoms with E-state index in [1.807, 2.05) is 48.5 Å². The van der Waals surface area contributed by atoms with Crippen LogP contribution in [0.1, 0.15) is 116 Å². The Hall–Kier alpha value is -2.75. The molecule has 4 N–H and O–H groups in total. The van der Waals surface area contributed by atoms with Crippen molar-refractivity contribution in [2.24, 2.45) is 52.3 Å². The van der Waals surface area contributed by atoms with Gasteiger partial charge in [0, 0.05) is 17.8 Å². The smallest absolute Gasteiger partial charge is 0.309 e. The first kappa shape index (κ1) is 34.1. The summed E-state index contributed by atoms with van der Waals surface area (Å²) in [5, 5.41) is 0. The predicted molar refractivity (Wildman–Crippen MR) is 196 cm³/mol. The van der Waals surface area contributed by atoms with Crippen molar-refractivity contribution < 1.29 is 9.53 Å². The number of benzene rings is 2. The lowest BCUT2D eigenvalue weighted by Gasteiger charge is -2.58. The number of carbonyl (C=O) groups is 1. The first-order valence-electron chi connectivity index (χ1n) is 19.0. The SMILES string of the molecule is CC(C)CCC[C@@H](C)[C@H]1CC[C@H]2[C@@H]3CC=C4CC(OC(=O)C(Cc5ccc(N)cc5)Cc5ccc(N)cc5)CC[C@]4(C)[C@H]3CC[C@]12C. The molecule has 0 bridgehead atoms. The molecule has 4 aliphatic carbocycles. The number of fused-ring (bicyclic) bond motifs is 5. The first-order chi connectivity index (χ1) is 22.5. The third kappa shape index (κ3) is 7.18. The summed E-state index contributed by atoms with van der Waals surface area (Å²) < 4.78 is 6.42. The lowest BCUT2D eigenvalue weighted by atomic mass is 9.47. The van der Waals surface area contributed by atoms with Gasteiger partial charge in [-0.05, 0) is 140 Å². The number of rotatable bonds is 11. The normalized spacial score (nSPS) is 32.3. The molecule has 4 heteroatoms. The fourth-order valence-corrected chi connectivity index (χ4v) is 11.1. The summed E-state index contributed by atoms with van der Waals surface area (Å²) >= 11 is 0. The van der Waals surface area contributed by atoms with Crippen LogP contribution in [0.4, 0.5) is 11.4 Å². The van der Waals surface area contributed by atoms with Crippen LogP contribution in [0.25, 0.3) is 0 Å². The van der Waals surface area contributed by atoms with Crippen molar-refractivity contribution in [3.63, 3.8) is 0 Å². The van der Waals surface area contributed by atoms with Gasteiger partial charge in [0.25, 0.3) is 0 Å². The van der Waals surface area contributed by atoms with Crippen molar-refractivity contribution >= 4 is 17.3 Å². The van der Waals surface area contributed by atoms with Crippen LogP contribution in [0.2, 0.25) is 0 Å². The Balaban J connectivity index is 1.12. The molecule has 8 atom stereocenters. The molecule has 2 aromatic carbocycles. The third-order valence-corrected chi connectivity index (χ3v) is 13.8. The molecule has 1 unspecified atom stereocenters. The molecule has 2 aromatic rings. The lowest BCUT2D eigenvalue weighted by molar-refractivity contribution is -0.156. The Morgan fingerprint density at radius 3 is 2.09 bits per heavy atom. The van der Waals surface area contributed by atoms with E-state index in [4.69, 9.17) is 16.2 Å². The highest BCUT2D eigenvalue weighted by molar-refractivity contribution is 5.73. The van der Waals surface area contributed by atoms with E-state index in [1.54, 1.807) is 5.57 Å². The maximum absolute atomic E-state index is 13.9. The number of allylic oxidation sites excluding steroid dienone is 1. The Bertz CT molecular complexity index is 1350. The highest BCUT2D eigenvalue weighted by Gasteiger charge is 2.59. The summed E-state index contributed by atoms with van der Waals surface area (Å²) in [6.07, 6.45) is 17.9. The van der Waals surface area contributed by atoms with Crippen LogP contribution in [0, 0.1) is 52.3 Å². The largest absolute Gasteiger partial charge is 0.462 e. The second-order valence-corrected chi connectivity index (χ2v) is 17.2. The number of esters is 1. The minimum absolute atomic E-state index is 0.0323. The van der Waals surface area contributed by atoms with Gasteiger partial charge in [0.2, 0.25) is 0 Å². The summed E-state index contributed by atoms with van der Waals surface area (Å²) in [4.78, 5) is 13.9. The monoisotopic (exact) mass is 638 g/mol. The Morgan fingerprint density at radius 1 is 0.830 bits per heavy atom. The van der Waals surface area contributed by atoms with Crippen molar-refractivity contribution in [3.05, 3.63) is 71.3 Å². The number of ether oxygens (including phenoxy) is 1. The van der Waals surface area contributed by atoms with Crippen LogP contribution >= 0.6 is 0 Å². The van der Waals surface area contributed by atoms with E-state index >= 15 is 0 Å². The van der Waals surface area contributed by atoms with E-state index in [9.17, 15) is 4.79 Å². The molecular formula is C43H62N2O2. The van der Waals surface area contributed by atoms with Gasteiger partial charge in [0.15, 0.2) is 0 Å². The van der Waals surface area contributed by atoms with Gasteiger partial charge < -0.3 is 16.2 Å². The lowest BCUT2D eigenvalue weighted by Crippen LogP contribution is -2.51. The van der Waals surface area contributed by atoms with Crippen LogP contribution in [0.3, 0.4) is 0 Å². The molecule has 0 aromatic heterocycles. The molecule has 4 aliphatic rings. The average Bonchev–Trinajstić information content (AvgIpc) is 3.40. The van der Waals surface area contributed by atoms with Gasteiger partial charge in [-0.1, -0.05) is 89.8 Å². The molecule has 0 heterocycles. The fraction of sp³-hybridized carbons (Fsp3) is 0.651. The molecule has 0 saturated heterocycles. The summed E-state index contributed by atoms with van der Waals surface area (Å²) in [7, 11) is 0. The third-order valence-electron chi connectivity index (χ3n) is 13.8. The van der Waals surface area contributed by atoms with Crippen molar-refractivity contribution in [2.75, 3.05) is 11.5 Å². The fourth-order valence-electron chi connectivity index (χ4n) is 11.1. The van der Waals surface area contributed by atoms with Gasteiger partial charge in [-0.25, -0.2) is 0 Å². The van der Waals surface area contributed by atoms with Gasteiger partial charge in [-0.2, -0.15) is 0 Å². The number of hydrogen-bond donors (Lipinski definition) is 2. The maximum Gasteiger partial charge on any atom is 0.309 e. The zero-order chi connectivity index (χ0) is 33.3. The van der Waals surface area contributed by atoms with E-state index in [0.29, 0.717) is 18.3 Å². The van der Waals surface area contributed by atoms with Gasteiger partial charge in [0.05, 0.1) is 5.92 Å². The van der Waals surface area contributed by atoms with Crippen LogP contribution in [0.15, 0.2) is 60.2 Å². The molecule has 47 heavy (non-hydrogen) atoms. The summed E-state index contributed by atoms with van der Waals surface area (Å²) in [5.74, 6) is 4.69. The summed E-state index contributed by atoms with van der Waals surface area (Å²) in [5.41, 5.74) is 17.9. The van der Waals surface area contributed by atoms with Gasteiger partial charge in [-0.15, -0.1) is 0 Å². The zero-order valence-corrected chi connectivity index (χ0v) is 30.0.